The first-order chi connectivity index (χ1) is 14.8. The van der Waals surface area contributed by atoms with Crippen LogP contribution in [0.5, 0.6) is 0 Å². The van der Waals surface area contributed by atoms with E-state index in [1.807, 2.05) is 18.2 Å². The molecular weight excluding hydrogens is 376 g/mol. The third kappa shape index (κ3) is 4.34. The third-order valence-corrected chi connectivity index (χ3v) is 7.45. The van der Waals surface area contributed by atoms with Gasteiger partial charge >= 0.3 is 0 Å². The number of benzene rings is 1. The summed E-state index contributed by atoms with van der Waals surface area (Å²) in [6.07, 6.45) is 9.55. The van der Waals surface area contributed by atoms with Gasteiger partial charge < -0.3 is 14.7 Å². The van der Waals surface area contributed by atoms with Gasteiger partial charge in [-0.1, -0.05) is 36.6 Å². The number of para-hydroxylation sites is 1. The van der Waals surface area contributed by atoms with Crippen LogP contribution in [0.25, 0.3) is 11.0 Å². The maximum Gasteiger partial charge on any atom is 0.220 e. The fraction of sp³-hybridized carbons (Fsp3) is 0.667. The summed E-state index contributed by atoms with van der Waals surface area (Å²) in [6, 6.07) is 8.69. The summed E-state index contributed by atoms with van der Waals surface area (Å²) in [6.45, 7) is 4.98. The van der Waals surface area contributed by atoms with Gasteiger partial charge in [0, 0.05) is 45.2 Å². The highest BCUT2D eigenvalue weighted by molar-refractivity contribution is 5.88. The number of rotatable bonds is 5. The van der Waals surface area contributed by atoms with Crippen molar-refractivity contribution in [3.63, 3.8) is 0 Å². The van der Waals surface area contributed by atoms with Crippen LogP contribution in [-0.2, 0) is 4.79 Å². The molecule has 1 aromatic heterocycles. The Hall–Kier alpha value is -2.08. The van der Waals surface area contributed by atoms with E-state index in [-0.39, 0.29) is 5.91 Å². The van der Waals surface area contributed by atoms with Crippen molar-refractivity contribution in [1.29, 1.82) is 0 Å². The highest BCUT2D eigenvalue weighted by atomic mass is 16.5. The molecule has 1 amide bonds. The minimum Gasteiger partial charge on any atom is -0.356 e. The third-order valence-electron chi connectivity index (χ3n) is 7.45. The summed E-state index contributed by atoms with van der Waals surface area (Å²) in [4.78, 5) is 17.4. The first-order valence-corrected chi connectivity index (χ1v) is 11.9. The maximum atomic E-state index is 12.4. The standard InChI is InChI=1S/C24H34N4O2/c29-23(14-18-6-2-1-3-7-18)25-15-19-10-11-20-17-28(13-12-27(20)16-19)24-21-8-4-5-9-22(21)30-26-24/h4-5,8-9,18-20H,1-3,6-7,10-17H2,(H,25,29)/t19-,20-/m0/s1. The molecule has 1 saturated carbocycles. The minimum absolute atomic E-state index is 0.270. The van der Waals surface area contributed by atoms with Crippen molar-refractivity contribution in [2.75, 3.05) is 37.6 Å². The van der Waals surface area contributed by atoms with Gasteiger partial charge in [0.2, 0.25) is 5.91 Å². The SMILES string of the molecule is O=C(CC1CCCCC1)NC[C@@H]1CC[C@H]2CN(c3noc4ccccc34)CCN2C1. The molecule has 5 rings (SSSR count). The molecule has 1 aliphatic carbocycles. The monoisotopic (exact) mass is 410 g/mol. The molecular formula is C24H34N4O2. The Labute approximate surface area is 178 Å². The molecule has 0 bridgehead atoms. The Morgan fingerprint density at radius 3 is 2.80 bits per heavy atom. The summed E-state index contributed by atoms with van der Waals surface area (Å²) in [5.41, 5.74) is 0.864. The maximum absolute atomic E-state index is 12.4. The largest absolute Gasteiger partial charge is 0.356 e. The topological polar surface area (TPSA) is 61.6 Å². The average molecular weight is 411 g/mol. The molecule has 2 saturated heterocycles. The molecule has 3 heterocycles. The van der Waals surface area contributed by atoms with Crippen molar-refractivity contribution in [2.45, 2.75) is 57.4 Å². The number of piperidine rings is 1. The molecule has 2 aliphatic heterocycles. The first-order valence-electron chi connectivity index (χ1n) is 11.9. The second-order valence-electron chi connectivity index (χ2n) is 9.55. The van der Waals surface area contributed by atoms with Crippen LogP contribution in [0.15, 0.2) is 28.8 Å². The molecule has 2 atom stereocenters. The van der Waals surface area contributed by atoms with Gasteiger partial charge in [0.05, 0.1) is 5.39 Å². The van der Waals surface area contributed by atoms with Gasteiger partial charge in [-0.25, -0.2) is 0 Å². The van der Waals surface area contributed by atoms with Crippen LogP contribution in [0.3, 0.4) is 0 Å². The van der Waals surface area contributed by atoms with Crippen molar-refractivity contribution in [2.24, 2.45) is 11.8 Å². The second-order valence-corrected chi connectivity index (χ2v) is 9.55. The smallest absolute Gasteiger partial charge is 0.220 e. The van der Waals surface area contributed by atoms with E-state index < -0.39 is 0 Å². The molecule has 0 unspecified atom stereocenters. The molecule has 30 heavy (non-hydrogen) atoms. The van der Waals surface area contributed by atoms with E-state index in [4.69, 9.17) is 4.52 Å². The van der Waals surface area contributed by atoms with Crippen LogP contribution in [0.2, 0.25) is 0 Å². The summed E-state index contributed by atoms with van der Waals surface area (Å²) < 4.78 is 5.52. The fourth-order valence-electron chi connectivity index (χ4n) is 5.70. The number of hydrogen-bond acceptors (Lipinski definition) is 5. The lowest BCUT2D eigenvalue weighted by Crippen LogP contribution is -2.57. The summed E-state index contributed by atoms with van der Waals surface area (Å²) in [7, 11) is 0. The number of fused-ring (bicyclic) bond motifs is 2. The van der Waals surface area contributed by atoms with E-state index in [1.165, 1.54) is 44.9 Å². The van der Waals surface area contributed by atoms with Crippen molar-refractivity contribution in [3.8, 4) is 0 Å². The van der Waals surface area contributed by atoms with E-state index in [2.05, 4.69) is 26.3 Å². The lowest BCUT2D eigenvalue weighted by Gasteiger charge is -2.46. The van der Waals surface area contributed by atoms with Gasteiger partial charge in [0.15, 0.2) is 11.4 Å². The molecule has 3 fully saturated rings. The first kappa shape index (κ1) is 19.9. The van der Waals surface area contributed by atoms with E-state index in [0.717, 1.165) is 55.9 Å². The molecule has 3 aliphatic rings. The fourth-order valence-corrected chi connectivity index (χ4v) is 5.70. The molecule has 2 aromatic rings. The predicted molar refractivity (Wildman–Crippen MR) is 119 cm³/mol. The molecule has 162 valence electrons. The lowest BCUT2D eigenvalue weighted by molar-refractivity contribution is -0.122. The molecule has 0 spiro atoms. The summed E-state index contributed by atoms with van der Waals surface area (Å²) in [5.74, 6) is 2.46. The number of amides is 1. The zero-order chi connectivity index (χ0) is 20.3. The van der Waals surface area contributed by atoms with Gasteiger partial charge in [0.1, 0.15) is 0 Å². The normalized spacial score (nSPS) is 25.9. The predicted octanol–water partition coefficient (Wildman–Crippen LogP) is 3.82. The number of piperazine rings is 1. The van der Waals surface area contributed by atoms with Crippen molar-refractivity contribution in [1.82, 2.24) is 15.4 Å². The Morgan fingerprint density at radius 1 is 1.03 bits per heavy atom. The second kappa shape index (κ2) is 8.96. The Morgan fingerprint density at radius 2 is 1.90 bits per heavy atom. The lowest BCUT2D eigenvalue weighted by atomic mass is 9.86. The number of hydrogen-bond donors (Lipinski definition) is 1. The molecule has 1 N–H and O–H groups in total. The van der Waals surface area contributed by atoms with Crippen LogP contribution >= 0.6 is 0 Å². The minimum atomic E-state index is 0.270. The summed E-state index contributed by atoms with van der Waals surface area (Å²) in [5, 5.41) is 8.71. The van der Waals surface area contributed by atoms with E-state index >= 15 is 0 Å². The number of nitrogens with one attached hydrogen (secondary N) is 1. The average Bonchev–Trinajstić information content (AvgIpc) is 3.22. The Bertz CT molecular complexity index is 860. The van der Waals surface area contributed by atoms with Crippen LogP contribution in [0.1, 0.15) is 51.4 Å². The molecule has 0 radical (unpaired) electrons. The van der Waals surface area contributed by atoms with Crippen molar-refractivity contribution >= 4 is 22.7 Å². The molecule has 6 heteroatoms. The number of carbonyl (C=O) groups excluding carboxylic acids is 1. The van der Waals surface area contributed by atoms with Gasteiger partial charge in [-0.3, -0.25) is 9.69 Å². The summed E-state index contributed by atoms with van der Waals surface area (Å²) >= 11 is 0. The van der Waals surface area contributed by atoms with Gasteiger partial charge in [-0.2, -0.15) is 0 Å². The van der Waals surface area contributed by atoms with Gasteiger partial charge in [0.25, 0.3) is 0 Å². The quantitative estimate of drug-likeness (QED) is 0.812. The number of anilines is 1. The van der Waals surface area contributed by atoms with Crippen LogP contribution in [0.4, 0.5) is 5.82 Å². The number of nitrogens with zero attached hydrogens (tertiary/aromatic N) is 3. The van der Waals surface area contributed by atoms with Crippen LogP contribution in [0, 0.1) is 11.8 Å². The van der Waals surface area contributed by atoms with Gasteiger partial charge in [-0.15, -0.1) is 0 Å². The van der Waals surface area contributed by atoms with Crippen molar-refractivity contribution < 1.29 is 9.32 Å². The van der Waals surface area contributed by atoms with Crippen molar-refractivity contribution in [3.05, 3.63) is 24.3 Å². The molecule has 1 aromatic carbocycles. The van der Waals surface area contributed by atoms with E-state index in [9.17, 15) is 4.79 Å². The molecule has 6 nitrogen and oxygen atoms in total. The zero-order valence-electron chi connectivity index (χ0n) is 17.9. The highest BCUT2D eigenvalue weighted by Crippen LogP contribution is 2.31. The zero-order valence-corrected chi connectivity index (χ0v) is 17.9. The van der Waals surface area contributed by atoms with E-state index in [0.29, 0.717) is 17.9 Å². The Balaban J connectivity index is 1.10. The number of carbonyl (C=O) groups is 1. The van der Waals surface area contributed by atoms with E-state index in [1.54, 1.807) is 0 Å². The van der Waals surface area contributed by atoms with Crippen LogP contribution < -0.4 is 10.2 Å². The van der Waals surface area contributed by atoms with Gasteiger partial charge in [-0.05, 0) is 49.7 Å². The number of aromatic nitrogens is 1. The highest BCUT2D eigenvalue weighted by Gasteiger charge is 2.34. The Kier molecular flexibility index (Phi) is 5.93. The van der Waals surface area contributed by atoms with Crippen LogP contribution in [-0.4, -0.2) is 54.7 Å².